The monoisotopic (exact) mass is 199 g/mol. The van der Waals surface area contributed by atoms with Crippen LogP contribution in [0, 0.1) is 5.92 Å². The van der Waals surface area contributed by atoms with Crippen molar-refractivity contribution < 1.29 is 18.1 Å². The molecule has 0 aliphatic heterocycles. The summed E-state index contributed by atoms with van der Waals surface area (Å²) < 4.78 is 0. The molecule has 1 nitrogen and oxygen atoms in total. The van der Waals surface area contributed by atoms with Crippen LogP contribution in [0.2, 0.25) is 0 Å². The summed E-state index contributed by atoms with van der Waals surface area (Å²) in [6.07, 6.45) is 1.10. The van der Waals surface area contributed by atoms with E-state index in [0.29, 0.717) is 12.0 Å². The summed E-state index contributed by atoms with van der Waals surface area (Å²) in [7, 11) is 0. The fourth-order valence-electron chi connectivity index (χ4n) is 1.15. The lowest BCUT2D eigenvalue weighted by molar-refractivity contribution is -0.430. The maximum absolute atomic E-state index is 4.13. The molecule has 1 aromatic rings. The molecule has 0 aliphatic carbocycles. The zero-order valence-electron chi connectivity index (χ0n) is 8.33. The number of halogens is 1. The normalized spacial score (nSPS) is 12.3. The molecule has 3 N–H and O–H groups in total. The van der Waals surface area contributed by atoms with Crippen molar-refractivity contribution >= 4 is 0 Å². The third-order valence-corrected chi connectivity index (χ3v) is 2.28. The third kappa shape index (κ3) is 4.30. The Labute approximate surface area is 86.7 Å². The van der Waals surface area contributed by atoms with E-state index in [-0.39, 0.29) is 12.4 Å². The molecule has 0 aromatic heterocycles. The standard InChI is InChI=1S/C11H17N.ClH/c1-9(2)11(12)8-10-6-4-3-5-7-10;/h3-7,9,11H,8,12H2,1-2H3;1H/t11-;/m1./s1. The molecule has 1 atom stereocenters. The lowest BCUT2D eigenvalue weighted by atomic mass is 9.98. The molecule has 13 heavy (non-hydrogen) atoms. The summed E-state index contributed by atoms with van der Waals surface area (Å²) in [6, 6.07) is 11.1. The van der Waals surface area contributed by atoms with Gasteiger partial charge in [0, 0.05) is 12.3 Å². The second kappa shape index (κ2) is 6.01. The molecular formula is C11H18ClN. The molecule has 0 saturated heterocycles. The average Bonchev–Trinajstić information content (AvgIpc) is 2.06. The summed E-state index contributed by atoms with van der Waals surface area (Å²) in [5.74, 6) is 0.671. The minimum atomic E-state index is 0. The first-order valence-corrected chi connectivity index (χ1v) is 4.57. The van der Waals surface area contributed by atoms with Crippen molar-refractivity contribution in [1.29, 1.82) is 0 Å². The minimum Gasteiger partial charge on any atom is -1.00 e. The van der Waals surface area contributed by atoms with Gasteiger partial charge < -0.3 is 18.1 Å². The van der Waals surface area contributed by atoms with Crippen molar-refractivity contribution in [3.63, 3.8) is 0 Å². The van der Waals surface area contributed by atoms with Gasteiger partial charge in [0.1, 0.15) is 0 Å². The molecule has 0 radical (unpaired) electrons. The molecule has 0 spiro atoms. The summed E-state index contributed by atoms with van der Waals surface area (Å²) in [6.45, 7) is 4.45. The average molecular weight is 200 g/mol. The van der Waals surface area contributed by atoms with Gasteiger partial charge in [0.25, 0.3) is 0 Å². The first-order chi connectivity index (χ1) is 5.70. The number of quaternary nitrogens is 1. The van der Waals surface area contributed by atoms with Gasteiger partial charge in [-0.3, -0.25) is 0 Å². The van der Waals surface area contributed by atoms with Crippen molar-refractivity contribution in [2.45, 2.75) is 26.3 Å². The minimum absolute atomic E-state index is 0. The van der Waals surface area contributed by atoms with Gasteiger partial charge in [-0.15, -0.1) is 0 Å². The first kappa shape index (κ1) is 12.5. The highest BCUT2D eigenvalue weighted by Gasteiger charge is 2.10. The van der Waals surface area contributed by atoms with Crippen molar-refractivity contribution in [2.75, 3.05) is 0 Å². The first-order valence-electron chi connectivity index (χ1n) is 4.57. The lowest BCUT2D eigenvalue weighted by Gasteiger charge is -2.11. The van der Waals surface area contributed by atoms with Crippen molar-refractivity contribution in [2.24, 2.45) is 5.92 Å². The zero-order valence-corrected chi connectivity index (χ0v) is 9.09. The summed E-state index contributed by atoms with van der Waals surface area (Å²) in [5.41, 5.74) is 5.53. The third-order valence-electron chi connectivity index (χ3n) is 2.28. The van der Waals surface area contributed by atoms with Crippen molar-refractivity contribution in [1.82, 2.24) is 0 Å². The predicted molar refractivity (Wildman–Crippen MR) is 51.7 cm³/mol. The maximum Gasteiger partial charge on any atom is 0.0907 e. The van der Waals surface area contributed by atoms with E-state index in [0.717, 1.165) is 6.42 Å². The molecule has 2 heteroatoms. The summed E-state index contributed by atoms with van der Waals surface area (Å²) in [5, 5.41) is 0. The molecule has 0 unspecified atom stereocenters. The predicted octanol–water partition coefficient (Wildman–Crippen LogP) is -1.50. The molecule has 1 aromatic carbocycles. The van der Waals surface area contributed by atoms with Gasteiger partial charge in [-0.25, -0.2) is 0 Å². The van der Waals surface area contributed by atoms with Crippen LogP contribution in [0.5, 0.6) is 0 Å². The second-order valence-electron chi connectivity index (χ2n) is 3.69. The van der Waals surface area contributed by atoms with E-state index >= 15 is 0 Å². The largest absolute Gasteiger partial charge is 1.00 e. The SMILES string of the molecule is CC(C)[C@H]([NH3+])Cc1ccccc1.[Cl-]. The molecule has 0 bridgehead atoms. The molecular weight excluding hydrogens is 182 g/mol. The Morgan fingerprint density at radius 1 is 1.15 bits per heavy atom. The topological polar surface area (TPSA) is 27.6 Å². The smallest absolute Gasteiger partial charge is 0.0907 e. The Morgan fingerprint density at radius 3 is 2.15 bits per heavy atom. The Balaban J connectivity index is 0.00000144. The van der Waals surface area contributed by atoms with E-state index in [4.69, 9.17) is 0 Å². The van der Waals surface area contributed by atoms with Crippen LogP contribution in [-0.2, 0) is 6.42 Å². The van der Waals surface area contributed by atoms with Crippen LogP contribution in [0.4, 0.5) is 0 Å². The van der Waals surface area contributed by atoms with Crippen molar-refractivity contribution in [3.8, 4) is 0 Å². The number of benzene rings is 1. The molecule has 0 fully saturated rings. The Hall–Kier alpha value is -0.530. The van der Waals surface area contributed by atoms with E-state index in [2.05, 4.69) is 49.9 Å². The van der Waals surface area contributed by atoms with E-state index < -0.39 is 0 Å². The highest BCUT2D eigenvalue weighted by atomic mass is 35.5. The highest BCUT2D eigenvalue weighted by molar-refractivity contribution is 5.15. The van der Waals surface area contributed by atoms with Gasteiger partial charge in [0.05, 0.1) is 6.04 Å². The molecule has 1 rings (SSSR count). The van der Waals surface area contributed by atoms with Crippen LogP contribution >= 0.6 is 0 Å². The van der Waals surface area contributed by atoms with Gasteiger partial charge in [-0.1, -0.05) is 44.2 Å². The Kier molecular flexibility index (Phi) is 5.76. The van der Waals surface area contributed by atoms with Gasteiger partial charge >= 0.3 is 0 Å². The van der Waals surface area contributed by atoms with Crippen molar-refractivity contribution in [3.05, 3.63) is 35.9 Å². The maximum atomic E-state index is 4.13. The van der Waals surface area contributed by atoms with Crippen LogP contribution in [0.1, 0.15) is 19.4 Å². The lowest BCUT2D eigenvalue weighted by Crippen LogP contribution is -3.00. The highest BCUT2D eigenvalue weighted by Crippen LogP contribution is 2.06. The van der Waals surface area contributed by atoms with E-state index in [9.17, 15) is 0 Å². The molecule has 0 heterocycles. The van der Waals surface area contributed by atoms with Gasteiger partial charge in [0.15, 0.2) is 0 Å². The van der Waals surface area contributed by atoms with Crippen LogP contribution in [0.3, 0.4) is 0 Å². The van der Waals surface area contributed by atoms with E-state index in [1.807, 2.05) is 0 Å². The van der Waals surface area contributed by atoms with Crippen LogP contribution in [0.25, 0.3) is 0 Å². The number of hydrogen-bond acceptors (Lipinski definition) is 0. The number of hydrogen-bond donors (Lipinski definition) is 1. The second-order valence-corrected chi connectivity index (χ2v) is 3.69. The van der Waals surface area contributed by atoms with E-state index in [1.165, 1.54) is 5.56 Å². The molecule has 0 aliphatic rings. The van der Waals surface area contributed by atoms with Crippen LogP contribution in [-0.4, -0.2) is 6.04 Å². The van der Waals surface area contributed by atoms with E-state index in [1.54, 1.807) is 0 Å². The van der Waals surface area contributed by atoms with Gasteiger partial charge in [0.2, 0.25) is 0 Å². The summed E-state index contributed by atoms with van der Waals surface area (Å²) in [4.78, 5) is 0. The Bertz CT molecular complexity index is 221. The quantitative estimate of drug-likeness (QED) is 0.614. The van der Waals surface area contributed by atoms with Crippen LogP contribution in [0.15, 0.2) is 30.3 Å². The fourth-order valence-corrected chi connectivity index (χ4v) is 1.15. The number of rotatable bonds is 3. The van der Waals surface area contributed by atoms with Gasteiger partial charge in [-0.05, 0) is 5.56 Å². The zero-order chi connectivity index (χ0) is 8.97. The fraction of sp³-hybridized carbons (Fsp3) is 0.455. The molecule has 0 amide bonds. The van der Waals surface area contributed by atoms with Crippen LogP contribution < -0.4 is 18.1 Å². The summed E-state index contributed by atoms with van der Waals surface area (Å²) >= 11 is 0. The van der Waals surface area contributed by atoms with Gasteiger partial charge in [-0.2, -0.15) is 0 Å². The Morgan fingerprint density at radius 2 is 1.69 bits per heavy atom. The molecule has 0 saturated carbocycles. The molecule has 74 valence electrons.